The van der Waals surface area contributed by atoms with Crippen molar-refractivity contribution in [2.24, 2.45) is 5.92 Å². The SMILES string of the molecule is CCCCCCCCCCCCCCCCNc1ncnc(NCCC(C)C)c1[N+](=O)[O-]. The van der Waals surface area contributed by atoms with Gasteiger partial charge < -0.3 is 10.6 Å². The average Bonchev–Trinajstić information content (AvgIpc) is 2.76. The van der Waals surface area contributed by atoms with Crippen LogP contribution in [0, 0.1) is 16.0 Å². The van der Waals surface area contributed by atoms with Gasteiger partial charge in [-0.3, -0.25) is 10.1 Å². The van der Waals surface area contributed by atoms with Crippen LogP contribution in [0.4, 0.5) is 17.3 Å². The minimum absolute atomic E-state index is 0.0541. The summed E-state index contributed by atoms with van der Waals surface area (Å²) in [6, 6.07) is 0. The summed E-state index contributed by atoms with van der Waals surface area (Å²) in [5.74, 6) is 1.14. The molecule has 1 aromatic heterocycles. The van der Waals surface area contributed by atoms with E-state index in [9.17, 15) is 10.1 Å². The number of anilines is 2. The molecule has 0 fully saturated rings. The Morgan fingerprint density at radius 2 is 1.22 bits per heavy atom. The summed E-state index contributed by atoms with van der Waals surface area (Å²) in [5, 5.41) is 17.8. The molecule has 184 valence electrons. The molecule has 0 bridgehead atoms. The maximum Gasteiger partial charge on any atom is 0.353 e. The van der Waals surface area contributed by atoms with Crippen LogP contribution < -0.4 is 10.6 Å². The predicted octanol–water partition coefficient (Wildman–Crippen LogP) is 7.74. The van der Waals surface area contributed by atoms with Gasteiger partial charge in [-0.15, -0.1) is 0 Å². The molecule has 7 heteroatoms. The van der Waals surface area contributed by atoms with Gasteiger partial charge in [-0.1, -0.05) is 104 Å². The van der Waals surface area contributed by atoms with Crippen LogP contribution in [0.2, 0.25) is 0 Å². The highest BCUT2D eigenvalue weighted by molar-refractivity contribution is 5.69. The van der Waals surface area contributed by atoms with Gasteiger partial charge in [0.1, 0.15) is 6.33 Å². The van der Waals surface area contributed by atoms with Crippen LogP contribution in [0.3, 0.4) is 0 Å². The van der Waals surface area contributed by atoms with Crippen molar-refractivity contribution in [3.63, 3.8) is 0 Å². The lowest BCUT2D eigenvalue weighted by Crippen LogP contribution is -2.12. The molecule has 32 heavy (non-hydrogen) atoms. The van der Waals surface area contributed by atoms with Crippen LogP contribution in [-0.4, -0.2) is 28.0 Å². The Bertz CT molecular complexity index is 610. The van der Waals surface area contributed by atoms with Gasteiger partial charge in [0.25, 0.3) is 0 Å². The van der Waals surface area contributed by atoms with Gasteiger partial charge in [-0.05, 0) is 18.8 Å². The minimum atomic E-state index is -0.398. The van der Waals surface area contributed by atoms with E-state index in [1.165, 1.54) is 83.4 Å². The Labute approximate surface area is 195 Å². The zero-order chi connectivity index (χ0) is 23.4. The Morgan fingerprint density at radius 1 is 0.781 bits per heavy atom. The molecular weight excluding hydrogens is 402 g/mol. The van der Waals surface area contributed by atoms with E-state index in [0.29, 0.717) is 30.6 Å². The number of hydrogen-bond acceptors (Lipinski definition) is 6. The van der Waals surface area contributed by atoms with Gasteiger partial charge >= 0.3 is 5.69 Å². The smallest absolute Gasteiger partial charge is 0.353 e. The summed E-state index contributed by atoms with van der Waals surface area (Å²) in [7, 11) is 0. The van der Waals surface area contributed by atoms with E-state index in [0.717, 1.165) is 19.3 Å². The van der Waals surface area contributed by atoms with E-state index >= 15 is 0 Å². The first-order valence-electron chi connectivity index (χ1n) is 13.0. The van der Waals surface area contributed by atoms with Gasteiger partial charge in [0.15, 0.2) is 0 Å². The average molecular weight is 450 g/mol. The number of nitrogens with zero attached hydrogens (tertiary/aromatic N) is 3. The zero-order valence-electron chi connectivity index (χ0n) is 20.8. The molecule has 0 saturated heterocycles. The van der Waals surface area contributed by atoms with Crippen LogP contribution in [0.1, 0.15) is 117 Å². The van der Waals surface area contributed by atoms with Crippen molar-refractivity contribution >= 4 is 17.3 Å². The molecule has 0 spiro atoms. The minimum Gasteiger partial charge on any atom is -0.364 e. The first kappa shape index (κ1) is 28.1. The fourth-order valence-electron chi connectivity index (χ4n) is 3.82. The van der Waals surface area contributed by atoms with E-state index in [1.54, 1.807) is 0 Å². The molecule has 0 aliphatic carbocycles. The van der Waals surface area contributed by atoms with Gasteiger partial charge in [0.2, 0.25) is 11.6 Å². The zero-order valence-corrected chi connectivity index (χ0v) is 20.8. The second-order valence-corrected chi connectivity index (χ2v) is 9.31. The second-order valence-electron chi connectivity index (χ2n) is 9.31. The summed E-state index contributed by atoms with van der Waals surface area (Å²) < 4.78 is 0. The van der Waals surface area contributed by atoms with E-state index in [1.807, 2.05) is 0 Å². The largest absolute Gasteiger partial charge is 0.364 e. The highest BCUT2D eigenvalue weighted by atomic mass is 16.6. The molecule has 1 rings (SSSR count). The number of rotatable bonds is 21. The van der Waals surface area contributed by atoms with Crippen LogP contribution in [0.25, 0.3) is 0 Å². The van der Waals surface area contributed by atoms with Gasteiger partial charge in [-0.25, -0.2) is 9.97 Å². The lowest BCUT2D eigenvalue weighted by molar-refractivity contribution is -0.383. The van der Waals surface area contributed by atoms with Gasteiger partial charge in [0, 0.05) is 13.1 Å². The number of aromatic nitrogens is 2. The third-order valence-electron chi connectivity index (χ3n) is 5.84. The Kier molecular flexibility index (Phi) is 16.4. The molecule has 0 saturated carbocycles. The van der Waals surface area contributed by atoms with Crippen molar-refractivity contribution < 1.29 is 4.92 Å². The van der Waals surface area contributed by atoms with Gasteiger partial charge in [-0.2, -0.15) is 0 Å². The molecule has 0 aromatic carbocycles. The van der Waals surface area contributed by atoms with E-state index in [2.05, 4.69) is 41.4 Å². The summed E-state index contributed by atoms with van der Waals surface area (Å²) >= 11 is 0. The van der Waals surface area contributed by atoms with Crippen LogP contribution in [0.5, 0.6) is 0 Å². The summed E-state index contributed by atoms with van der Waals surface area (Å²) in [6.07, 6.45) is 20.8. The van der Waals surface area contributed by atoms with Crippen LogP contribution in [0.15, 0.2) is 6.33 Å². The van der Waals surface area contributed by atoms with Crippen molar-refractivity contribution in [2.45, 2.75) is 117 Å². The third kappa shape index (κ3) is 13.5. The molecular formula is C25H47N5O2. The molecule has 0 unspecified atom stereocenters. The van der Waals surface area contributed by atoms with E-state index < -0.39 is 4.92 Å². The van der Waals surface area contributed by atoms with Crippen molar-refractivity contribution in [3.8, 4) is 0 Å². The summed E-state index contributed by atoms with van der Waals surface area (Å²) in [4.78, 5) is 19.3. The fourth-order valence-corrected chi connectivity index (χ4v) is 3.82. The van der Waals surface area contributed by atoms with Gasteiger partial charge in [0.05, 0.1) is 4.92 Å². The standard InChI is InChI=1S/C25H47N5O2/c1-4-5-6-7-8-9-10-11-12-13-14-15-16-17-19-26-24-23(30(31)32)25(29-21-28-24)27-20-18-22(2)3/h21-22H,4-20H2,1-3H3,(H2,26,27,28,29). The predicted molar refractivity (Wildman–Crippen MR) is 135 cm³/mol. The first-order valence-corrected chi connectivity index (χ1v) is 13.0. The Balaban J connectivity index is 2.13. The maximum absolute atomic E-state index is 11.5. The Morgan fingerprint density at radius 3 is 1.66 bits per heavy atom. The summed E-state index contributed by atoms with van der Waals surface area (Å²) in [6.45, 7) is 7.87. The quantitative estimate of drug-likeness (QED) is 0.113. The monoisotopic (exact) mass is 449 g/mol. The van der Waals surface area contributed by atoms with Crippen molar-refractivity contribution in [1.29, 1.82) is 0 Å². The lowest BCUT2D eigenvalue weighted by atomic mass is 10.0. The third-order valence-corrected chi connectivity index (χ3v) is 5.84. The molecule has 0 amide bonds. The number of hydrogen-bond donors (Lipinski definition) is 2. The molecule has 1 heterocycles. The molecule has 0 aliphatic heterocycles. The second kappa shape index (κ2) is 18.6. The topological polar surface area (TPSA) is 93.0 Å². The normalized spacial score (nSPS) is 11.1. The summed E-state index contributed by atoms with van der Waals surface area (Å²) in [5.41, 5.74) is -0.0541. The molecule has 1 aromatic rings. The van der Waals surface area contributed by atoms with Crippen molar-refractivity contribution in [3.05, 3.63) is 16.4 Å². The van der Waals surface area contributed by atoms with Crippen LogP contribution >= 0.6 is 0 Å². The fraction of sp³-hybridized carbons (Fsp3) is 0.840. The molecule has 0 atom stereocenters. The molecule has 7 nitrogen and oxygen atoms in total. The molecule has 0 radical (unpaired) electrons. The van der Waals surface area contributed by atoms with Crippen molar-refractivity contribution in [1.82, 2.24) is 9.97 Å². The number of nitrogens with one attached hydrogen (secondary N) is 2. The Hall–Kier alpha value is -1.92. The van der Waals surface area contributed by atoms with E-state index in [-0.39, 0.29) is 5.69 Å². The van der Waals surface area contributed by atoms with Crippen molar-refractivity contribution in [2.75, 3.05) is 23.7 Å². The first-order chi connectivity index (χ1) is 15.6. The highest BCUT2D eigenvalue weighted by Crippen LogP contribution is 2.29. The van der Waals surface area contributed by atoms with E-state index in [4.69, 9.17) is 0 Å². The maximum atomic E-state index is 11.5. The lowest BCUT2D eigenvalue weighted by Gasteiger charge is -2.11. The number of nitro groups is 1. The number of unbranched alkanes of at least 4 members (excludes halogenated alkanes) is 13. The molecule has 0 aliphatic rings. The molecule has 2 N–H and O–H groups in total. The highest BCUT2D eigenvalue weighted by Gasteiger charge is 2.22. The van der Waals surface area contributed by atoms with Crippen LogP contribution in [-0.2, 0) is 0 Å².